The van der Waals surface area contributed by atoms with Crippen LogP contribution >= 0.6 is 0 Å². The first-order chi connectivity index (χ1) is 7.96. The van der Waals surface area contributed by atoms with E-state index < -0.39 is 0 Å². The lowest BCUT2D eigenvalue weighted by Gasteiger charge is -2.32. The van der Waals surface area contributed by atoms with Crippen molar-refractivity contribution in [2.24, 2.45) is 11.1 Å². The Kier molecular flexibility index (Phi) is 8.23. The van der Waals surface area contributed by atoms with Crippen molar-refractivity contribution in [1.82, 2.24) is 0 Å². The zero-order valence-electron chi connectivity index (χ0n) is 11.9. The van der Waals surface area contributed by atoms with Crippen LogP contribution in [0.5, 0.6) is 0 Å². The molecule has 3 nitrogen and oxygen atoms in total. The number of hydrogen-bond donors (Lipinski definition) is 1. The van der Waals surface area contributed by atoms with Gasteiger partial charge in [-0.1, -0.05) is 46.0 Å². The molecule has 2 unspecified atom stereocenters. The Labute approximate surface area is 106 Å². The standard InChI is InChI=1S/C14H29NO2/c1-5-6-7-8-9-10-14(3,12(2)15)11-13(16)17-4/h12H,5-11,15H2,1-4H3. The number of rotatable bonds is 9. The van der Waals surface area contributed by atoms with E-state index in [0.29, 0.717) is 6.42 Å². The summed E-state index contributed by atoms with van der Waals surface area (Å²) in [7, 11) is 1.44. The summed E-state index contributed by atoms with van der Waals surface area (Å²) in [6.45, 7) is 6.28. The molecule has 2 N–H and O–H groups in total. The highest BCUT2D eigenvalue weighted by molar-refractivity contribution is 5.70. The Balaban J connectivity index is 4.08. The van der Waals surface area contributed by atoms with Gasteiger partial charge in [-0.2, -0.15) is 0 Å². The summed E-state index contributed by atoms with van der Waals surface area (Å²) in [5, 5.41) is 0. The number of unbranched alkanes of at least 4 members (excludes halogenated alkanes) is 4. The van der Waals surface area contributed by atoms with Gasteiger partial charge >= 0.3 is 5.97 Å². The van der Waals surface area contributed by atoms with E-state index in [-0.39, 0.29) is 17.4 Å². The van der Waals surface area contributed by atoms with Crippen molar-refractivity contribution in [2.75, 3.05) is 7.11 Å². The van der Waals surface area contributed by atoms with Crippen LogP contribution in [0.15, 0.2) is 0 Å². The minimum atomic E-state index is -0.154. The lowest BCUT2D eigenvalue weighted by Crippen LogP contribution is -2.39. The van der Waals surface area contributed by atoms with E-state index in [9.17, 15) is 4.79 Å². The van der Waals surface area contributed by atoms with Crippen LogP contribution in [0, 0.1) is 5.41 Å². The van der Waals surface area contributed by atoms with Crippen LogP contribution in [-0.4, -0.2) is 19.1 Å². The molecule has 0 saturated carbocycles. The maximum absolute atomic E-state index is 11.4. The number of methoxy groups -OCH3 is 1. The van der Waals surface area contributed by atoms with Gasteiger partial charge in [-0.15, -0.1) is 0 Å². The van der Waals surface area contributed by atoms with Gasteiger partial charge in [0.05, 0.1) is 13.5 Å². The van der Waals surface area contributed by atoms with Gasteiger partial charge in [-0.05, 0) is 18.8 Å². The van der Waals surface area contributed by atoms with Gasteiger partial charge in [0.15, 0.2) is 0 Å². The summed E-state index contributed by atoms with van der Waals surface area (Å²) >= 11 is 0. The molecular weight excluding hydrogens is 214 g/mol. The second kappa shape index (κ2) is 8.51. The average molecular weight is 243 g/mol. The summed E-state index contributed by atoms with van der Waals surface area (Å²) < 4.78 is 4.75. The fourth-order valence-corrected chi connectivity index (χ4v) is 2.01. The molecule has 102 valence electrons. The quantitative estimate of drug-likeness (QED) is 0.499. The first kappa shape index (κ1) is 16.4. The average Bonchev–Trinajstić information content (AvgIpc) is 2.28. The molecule has 0 heterocycles. The van der Waals surface area contributed by atoms with Crippen molar-refractivity contribution in [3.63, 3.8) is 0 Å². The molecule has 0 aliphatic heterocycles. The van der Waals surface area contributed by atoms with Crippen molar-refractivity contribution in [3.8, 4) is 0 Å². The van der Waals surface area contributed by atoms with Crippen molar-refractivity contribution in [3.05, 3.63) is 0 Å². The van der Waals surface area contributed by atoms with Crippen LogP contribution in [0.4, 0.5) is 0 Å². The summed E-state index contributed by atoms with van der Waals surface area (Å²) in [6, 6.07) is 0.0211. The predicted molar refractivity (Wildman–Crippen MR) is 71.8 cm³/mol. The lowest BCUT2D eigenvalue weighted by atomic mass is 9.76. The lowest BCUT2D eigenvalue weighted by molar-refractivity contribution is -0.143. The molecule has 0 aromatic heterocycles. The van der Waals surface area contributed by atoms with Gasteiger partial charge in [0.25, 0.3) is 0 Å². The third-order valence-corrected chi connectivity index (χ3v) is 3.73. The maximum atomic E-state index is 11.4. The molecule has 17 heavy (non-hydrogen) atoms. The van der Waals surface area contributed by atoms with Crippen LogP contribution in [0.1, 0.15) is 65.7 Å². The summed E-state index contributed by atoms with van der Waals surface area (Å²) in [5.74, 6) is -0.154. The minimum Gasteiger partial charge on any atom is -0.469 e. The molecule has 0 aromatic carbocycles. The number of ether oxygens (including phenoxy) is 1. The van der Waals surface area contributed by atoms with E-state index in [1.165, 1.54) is 32.8 Å². The first-order valence-corrected chi connectivity index (χ1v) is 6.78. The molecule has 0 radical (unpaired) electrons. The normalized spacial score (nSPS) is 16.3. The van der Waals surface area contributed by atoms with Gasteiger partial charge in [0.1, 0.15) is 0 Å². The van der Waals surface area contributed by atoms with Gasteiger partial charge in [0.2, 0.25) is 0 Å². The molecule has 0 aliphatic rings. The van der Waals surface area contributed by atoms with Crippen LogP contribution in [0.3, 0.4) is 0 Å². The first-order valence-electron chi connectivity index (χ1n) is 6.78. The highest BCUT2D eigenvalue weighted by Crippen LogP contribution is 2.32. The Morgan fingerprint density at radius 2 is 1.88 bits per heavy atom. The Morgan fingerprint density at radius 1 is 1.29 bits per heavy atom. The highest BCUT2D eigenvalue weighted by Gasteiger charge is 2.31. The Bertz CT molecular complexity index is 216. The number of carbonyl (C=O) groups is 1. The molecule has 0 aromatic rings. The minimum absolute atomic E-state index is 0.0211. The monoisotopic (exact) mass is 243 g/mol. The second-order valence-electron chi connectivity index (χ2n) is 5.36. The molecule has 0 aliphatic carbocycles. The smallest absolute Gasteiger partial charge is 0.306 e. The second-order valence-corrected chi connectivity index (χ2v) is 5.36. The molecule has 0 rings (SSSR count). The molecule has 2 atom stereocenters. The SMILES string of the molecule is CCCCCCCC(C)(CC(=O)OC)C(C)N. The largest absolute Gasteiger partial charge is 0.469 e. The molecular formula is C14H29NO2. The third-order valence-electron chi connectivity index (χ3n) is 3.73. The maximum Gasteiger partial charge on any atom is 0.306 e. The predicted octanol–water partition coefficient (Wildman–Crippen LogP) is 3.26. The van der Waals surface area contributed by atoms with Gasteiger partial charge in [-0.25, -0.2) is 0 Å². The van der Waals surface area contributed by atoms with Crippen molar-refractivity contribution >= 4 is 5.97 Å². The van der Waals surface area contributed by atoms with Gasteiger partial charge in [0, 0.05) is 6.04 Å². The summed E-state index contributed by atoms with van der Waals surface area (Å²) in [6.07, 6.45) is 7.65. The van der Waals surface area contributed by atoms with E-state index >= 15 is 0 Å². The number of esters is 1. The molecule has 0 amide bonds. The topological polar surface area (TPSA) is 52.3 Å². The molecule has 0 spiro atoms. The zero-order valence-corrected chi connectivity index (χ0v) is 11.9. The molecule has 3 heteroatoms. The van der Waals surface area contributed by atoms with E-state index in [1.54, 1.807) is 0 Å². The van der Waals surface area contributed by atoms with E-state index in [2.05, 4.69) is 13.8 Å². The van der Waals surface area contributed by atoms with E-state index in [4.69, 9.17) is 10.5 Å². The fraction of sp³-hybridized carbons (Fsp3) is 0.929. The van der Waals surface area contributed by atoms with Crippen LogP contribution in [-0.2, 0) is 9.53 Å². The van der Waals surface area contributed by atoms with Crippen LogP contribution in [0.25, 0.3) is 0 Å². The van der Waals surface area contributed by atoms with Crippen molar-refractivity contribution < 1.29 is 9.53 Å². The van der Waals surface area contributed by atoms with E-state index in [1.807, 2.05) is 6.92 Å². The highest BCUT2D eigenvalue weighted by atomic mass is 16.5. The van der Waals surface area contributed by atoms with Crippen molar-refractivity contribution in [2.45, 2.75) is 71.8 Å². The molecule has 0 saturated heterocycles. The third kappa shape index (κ3) is 6.67. The summed E-state index contributed by atoms with van der Waals surface area (Å²) in [5.41, 5.74) is 5.88. The number of hydrogen-bond acceptors (Lipinski definition) is 3. The summed E-state index contributed by atoms with van der Waals surface area (Å²) in [4.78, 5) is 11.4. The zero-order chi connectivity index (χ0) is 13.3. The van der Waals surface area contributed by atoms with Gasteiger partial charge < -0.3 is 10.5 Å². The molecule has 0 fully saturated rings. The Morgan fingerprint density at radius 3 is 2.35 bits per heavy atom. The van der Waals surface area contributed by atoms with Crippen LogP contribution in [0.2, 0.25) is 0 Å². The van der Waals surface area contributed by atoms with Crippen molar-refractivity contribution in [1.29, 1.82) is 0 Å². The fourth-order valence-electron chi connectivity index (χ4n) is 2.01. The number of carbonyl (C=O) groups excluding carboxylic acids is 1. The van der Waals surface area contributed by atoms with Crippen LogP contribution < -0.4 is 5.73 Å². The van der Waals surface area contributed by atoms with Gasteiger partial charge in [-0.3, -0.25) is 4.79 Å². The Hall–Kier alpha value is -0.570. The number of nitrogens with two attached hydrogens (primary N) is 1. The van der Waals surface area contributed by atoms with E-state index in [0.717, 1.165) is 12.8 Å². The molecule has 0 bridgehead atoms.